The molecule has 4 nitrogen and oxygen atoms in total. The molecule has 0 saturated carbocycles. The van der Waals surface area contributed by atoms with Crippen LogP contribution in [0.2, 0.25) is 0 Å². The summed E-state index contributed by atoms with van der Waals surface area (Å²) in [5.41, 5.74) is 0. The monoisotopic (exact) mass is 272 g/mol. The van der Waals surface area contributed by atoms with Gasteiger partial charge >= 0.3 is 0 Å². The van der Waals surface area contributed by atoms with E-state index in [1.807, 2.05) is 6.92 Å². The molecule has 0 aromatic carbocycles. The lowest BCUT2D eigenvalue weighted by molar-refractivity contribution is 0.503. The quantitative estimate of drug-likeness (QED) is 0.578. The molecule has 0 rings (SSSR count). The van der Waals surface area contributed by atoms with Gasteiger partial charge in [0.15, 0.2) is 0 Å². The molecule has 0 radical (unpaired) electrons. The molecular weight excluding hydrogens is 256 g/mol. The first-order valence-corrected chi connectivity index (χ1v) is 6.53. The van der Waals surface area contributed by atoms with Gasteiger partial charge in [-0.15, -0.1) is 0 Å². The number of nitrogens with one attached hydrogen (secondary N) is 1. The zero-order chi connectivity index (χ0) is 10.5. The van der Waals surface area contributed by atoms with Crippen LogP contribution in [0.1, 0.15) is 19.8 Å². The highest BCUT2D eigenvalue weighted by Crippen LogP contribution is 2.05. The van der Waals surface area contributed by atoms with Gasteiger partial charge in [-0.2, -0.15) is 12.7 Å². The van der Waals surface area contributed by atoms with Crippen molar-refractivity contribution in [3.8, 4) is 0 Å². The molecule has 0 aliphatic heterocycles. The van der Waals surface area contributed by atoms with Crippen LogP contribution in [0.15, 0.2) is 0 Å². The Morgan fingerprint density at radius 2 is 2.00 bits per heavy atom. The van der Waals surface area contributed by atoms with Gasteiger partial charge < -0.3 is 0 Å². The highest BCUT2D eigenvalue weighted by atomic mass is 79.9. The standard InChI is InChI=1S/C7H17BrN2O2S/c1-7(8)5-4-6-9-13(11,12)10(2)3/h7,9H,4-6H2,1-3H3. The van der Waals surface area contributed by atoms with E-state index in [1.54, 1.807) is 0 Å². The van der Waals surface area contributed by atoms with Gasteiger partial charge in [0, 0.05) is 25.5 Å². The maximum absolute atomic E-state index is 11.2. The average molecular weight is 273 g/mol. The maximum atomic E-state index is 11.2. The number of rotatable bonds is 6. The molecule has 0 heterocycles. The minimum absolute atomic E-state index is 0.441. The molecule has 1 atom stereocenters. The Labute approximate surface area is 89.0 Å². The Morgan fingerprint density at radius 3 is 2.38 bits per heavy atom. The van der Waals surface area contributed by atoms with Crippen molar-refractivity contribution in [3.05, 3.63) is 0 Å². The summed E-state index contributed by atoms with van der Waals surface area (Å²) in [7, 11) is -0.209. The summed E-state index contributed by atoms with van der Waals surface area (Å²) >= 11 is 3.40. The third-order valence-corrected chi connectivity index (χ3v) is 3.53. The van der Waals surface area contributed by atoms with Gasteiger partial charge in [-0.25, -0.2) is 4.72 Å². The first-order chi connectivity index (χ1) is 5.86. The van der Waals surface area contributed by atoms with Crippen molar-refractivity contribution >= 4 is 26.1 Å². The second-order valence-corrected chi connectivity index (χ2v) is 6.64. The average Bonchev–Trinajstić information content (AvgIpc) is 1.97. The van der Waals surface area contributed by atoms with Crippen molar-refractivity contribution in [2.24, 2.45) is 0 Å². The van der Waals surface area contributed by atoms with Crippen molar-refractivity contribution in [1.29, 1.82) is 0 Å². The van der Waals surface area contributed by atoms with E-state index in [9.17, 15) is 8.42 Å². The highest BCUT2D eigenvalue weighted by molar-refractivity contribution is 9.09. The first kappa shape index (κ1) is 13.4. The molecule has 80 valence electrons. The van der Waals surface area contributed by atoms with Crippen LogP contribution in [0.4, 0.5) is 0 Å². The summed E-state index contributed by atoms with van der Waals surface area (Å²) in [6, 6.07) is 0. The molecule has 0 bridgehead atoms. The maximum Gasteiger partial charge on any atom is 0.278 e. The van der Waals surface area contributed by atoms with Crippen molar-refractivity contribution in [1.82, 2.24) is 9.03 Å². The fraction of sp³-hybridized carbons (Fsp3) is 1.00. The number of hydrogen-bond donors (Lipinski definition) is 1. The highest BCUT2D eigenvalue weighted by Gasteiger charge is 2.11. The molecule has 0 aliphatic rings. The van der Waals surface area contributed by atoms with E-state index in [-0.39, 0.29) is 0 Å². The van der Waals surface area contributed by atoms with E-state index in [2.05, 4.69) is 20.7 Å². The summed E-state index contributed by atoms with van der Waals surface area (Å²) < 4.78 is 26.0. The van der Waals surface area contributed by atoms with E-state index >= 15 is 0 Å². The normalized spacial score (nSPS) is 14.8. The predicted octanol–water partition coefficient (Wildman–Crippen LogP) is 0.946. The molecule has 0 amide bonds. The third kappa shape index (κ3) is 6.42. The Hall–Kier alpha value is 0.350. The van der Waals surface area contributed by atoms with Crippen LogP contribution in [0.25, 0.3) is 0 Å². The molecule has 0 aromatic heterocycles. The SMILES string of the molecule is CC(Br)CCCNS(=O)(=O)N(C)C. The summed E-state index contributed by atoms with van der Waals surface area (Å²) in [4.78, 5) is 0.441. The number of alkyl halides is 1. The summed E-state index contributed by atoms with van der Waals surface area (Å²) in [5, 5.41) is 0. The predicted molar refractivity (Wildman–Crippen MR) is 58.2 cm³/mol. The van der Waals surface area contributed by atoms with Crippen molar-refractivity contribution in [2.75, 3.05) is 20.6 Å². The molecule has 1 N–H and O–H groups in total. The lowest BCUT2D eigenvalue weighted by Crippen LogP contribution is -2.36. The number of halogens is 1. The van der Waals surface area contributed by atoms with Gasteiger partial charge in [0.05, 0.1) is 0 Å². The van der Waals surface area contributed by atoms with E-state index in [1.165, 1.54) is 18.4 Å². The van der Waals surface area contributed by atoms with Crippen molar-refractivity contribution in [3.63, 3.8) is 0 Å². The van der Waals surface area contributed by atoms with Gasteiger partial charge in [0.25, 0.3) is 10.2 Å². The van der Waals surface area contributed by atoms with E-state index in [0.717, 1.165) is 12.8 Å². The third-order valence-electron chi connectivity index (χ3n) is 1.54. The van der Waals surface area contributed by atoms with Gasteiger partial charge in [-0.05, 0) is 12.8 Å². The van der Waals surface area contributed by atoms with Crippen LogP contribution >= 0.6 is 15.9 Å². The fourth-order valence-corrected chi connectivity index (χ4v) is 1.70. The summed E-state index contributed by atoms with van der Waals surface area (Å²) in [6.07, 6.45) is 1.81. The molecule has 0 fully saturated rings. The van der Waals surface area contributed by atoms with Crippen LogP contribution in [0, 0.1) is 0 Å². The zero-order valence-corrected chi connectivity index (χ0v) is 10.7. The lowest BCUT2D eigenvalue weighted by Gasteiger charge is -2.12. The van der Waals surface area contributed by atoms with E-state index in [0.29, 0.717) is 11.4 Å². The Kier molecular flexibility index (Phi) is 6.11. The van der Waals surface area contributed by atoms with Gasteiger partial charge in [-0.3, -0.25) is 0 Å². The zero-order valence-electron chi connectivity index (χ0n) is 8.25. The second-order valence-electron chi connectivity index (χ2n) is 3.10. The molecule has 0 saturated heterocycles. The minimum atomic E-state index is -3.23. The van der Waals surface area contributed by atoms with Crippen LogP contribution in [-0.4, -0.2) is 38.2 Å². The van der Waals surface area contributed by atoms with Gasteiger partial charge in [0.1, 0.15) is 0 Å². The fourth-order valence-electron chi connectivity index (χ4n) is 0.714. The molecule has 0 aliphatic carbocycles. The number of hydrogen-bond acceptors (Lipinski definition) is 2. The van der Waals surface area contributed by atoms with E-state index in [4.69, 9.17) is 0 Å². The summed E-state index contributed by atoms with van der Waals surface area (Å²) in [5.74, 6) is 0. The smallest absolute Gasteiger partial charge is 0.202 e. The van der Waals surface area contributed by atoms with E-state index < -0.39 is 10.2 Å². The Morgan fingerprint density at radius 1 is 1.46 bits per heavy atom. The minimum Gasteiger partial charge on any atom is -0.202 e. The molecular formula is C7H17BrN2O2S. The largest absolute Gasteiger partial charge is 0.278 e. The Bertz CT molecular complexity index is 227. The van der Waals surface area contributed by atoms with Crippen molar-refractivity contribution in [2.45, 2.75) is 24.6 Å². The van der Waals surface area contributed by atoms with Crippen LogP contribution in [0.3, 0.4) is 0 Å². The molecule has 1 unspecified atom stereocenters. The topological polar surface area (TPSA) is 49.4 Å². The van der Waals surface area contributed by atoms with Gasteiger partial charge in [-0.1, -0.05) is 22.9 Å². The Balaban J connectivity index is 3.66. The second kappa shape index (κ2) is 5.95. The van der Waals surface area contributed by atoms with Crippen LogP contribution in [-0.2, 0) is 10.2 Å². The number of nitrogens with zero attached hydrogens (tertiary/aromatic N) is 1. The van der Waals surface area contributed by atoms with Crippen molar-refractivity contribution < 1.29 is 8.42 Å². The van der Waals surface area contributed by atoms with Gasteiger partial charge in [0.2, 0.25) is 0 Å². The molecule has 0 spiro atoms. The molecule has 0 aromatic rings. The lowest BCUT2D eigenvalue weighted by atomic mass is 10.2. The summed E-state index contributed by atoms with van der Waals surface area (Å²) in [6.45, 7) is 2.54. The first-order valence-electron chi connectivity index (χ1n) is 4.17. The van der Waals surface area contributed by atoms with Crippen LogP contribution in [0.5, 0.6) is 0 Å². The van der Waals surface area contributed by atoms with Crippen LogP contribution < -0.4 is 4.72 Å². The molecule has 6 heteroatoms. The molecule has 13 heavy (non-hydrogen) atoms.